The first-order valence-electron chi connectivity index (χ1n) is 9.10. The van der Waals surface area contributed by atoms with Gasteiger partial charge in [-0.1, -0.05) is 41.4 Å². The predicted octanol–water partition coefficient (Wildman–Crippen LogP) is 7.63. The van der Waals surface area contributed by atoms with E-state index in [1.165, 1.54) is 0 Å². The van der Waals surface area contributed by atoms with E-state index in [1.54, 1.807) is 0 Å². The van der Waals surface area contributed by atoms with Crippen molar-refractivity contribution in [2.45, 2.75) is 20.5 Å². The van der Waals surface area contributed by atoms with Crippen LogP contribution in [0.5, 0.6) is 11.5 Å². The van der Waals surface area contributed by atoms with Crippen molar-refractivity contribution in [3.63, 3.8) is 0 Å². The van der Waals surface area contributed by atoms with Crippen LogP contribution in [0.4, 0.5) is 5.69 Å². The van der Waals surface area contributed by atoms with E-state index < -0.39 is 0 Å². The normalized spacial score (nSPS) is 11.1. The number of rotatable bonds is 7. The molecule has 0 unspecified atom stereocenters. The number of hydrogen-bond acceptors (Lipinski definition) is 3. The molecule has 0 atom stereocenters. The van der Waals surface area contributed by atoms with Gasteiger partial charge < -0.3 is 9.47 Å². The van der Waals surface area contributed by atoms with E-state index in [0.717, 1.165) is 31.7 Å². The zero-order valence-corrected chi connectivity index (χ0v) is 19.8. The summed E-state index contributed by atoms with van der Waals surface area (Å²) in [6.45, 7) is 4.88. The monoisotopic (exact) mass is 539 g/mol. The van der Waals surface area contributed by atoms with Gasteiger partial charge in [-0.05, 0) is 89.5 Å². The van der Waals surface area contributed by atoms with Crippen LogP contribution in [0.15, 0.2) is 59.6 Å². The summed E-state index contributed by atoms with van der Waals surface area (Å²) in [4.78, 5) is 4.59. The van der Waals surface area contributed by atoms with E-state index in [4.69, 9.17) is 32.7 Å². The Morgan fingerprint density at radius 3 is 2.52 bits per heavy atom. The molecule has 0 amide bonds. The highest BCUT2D eigenvalue weighted by Crippen LogP contribution is 2.35. The molecule has 3 rings (SSSR count). The average molecular weight is 540 g/mol. The van der Waals surface area contributed by atoms with Crippen molar-refractivity contribution >= 4 is 57.7 Å². The predicted molar refractivity (Wildman–Crippen MR) is 130 cm³/mol. The van der Waals surface area contributed by atoms with Crippen LogP contribution in [0.25, 0.3) is 0 Å². The van der Waals surface area contributed by atoms with Crippen LogP contribution in [-0.2, 0) is 6.61 Å². The largest absolute Gasteiger partial charge is 0.490 e. The van der Waals surface area contributed by atoms with Gasteiger partial charge in [0.2, 0.25) is 0 Å². The summed E-state index contributed by atoms with van der Waals surface area (Å²) < 4.78 is 12.8. The number of nitrogens with zero attached hydrogens (tertiary/aromatic N) is 1. The van der Waals surface area contributed by atoms with Crippen molar-refractivity contribution in [2.75, 3.05) is 6.61 Å². The van der Waals surface area contributed by atoms with Gasteiger partial charge in [-0.3, -0.25) is 4.99 Å². The smallest absolute Gasteiger partial charge is 0.175 e. The third-order valence-corrected chi connectivity index (χ3v) is 5.68. The maximum absolute atomic E-state index is 6.18. The molecule has 3 aromatic rings. The van der Waals surface area contributed by atoms with Gasteiger partial charge in [0, 0.05) is 16.3 Å². The van der Waals surface area contributed by atoms with Gasteiger partial charge in [0.1, 0.15) is 6.61 Å². The Morgan fingerprint density at radius 1 is 1.03 bits per heavy atom. The summed E-state index contributed by atoms with van der Waals surface area (Å²) in [5, 5.41) is 1.41. The van der Waals surface area contributed by atoms with Crippen molar-refractivity contribution in [3.05, 3.63) is 84.9 Å². The summed E-state index contributed by atoms with van der Waals surface area (Å²) in [6.07, 6.45) is 1.81. The second-order valence-corrected chi connectivity index (χ2v) is 8.33. The molecule has 0 saturated carbocycles. The number of ether oxygens (including phenoxy) is 2. The summed E-state index contributed by atoms with van der Waals surface area (Å²) >= 11 is 14.4. The molecule has 0 aliphatic heterocycles. The molecule has 0 spiro atoms. The van der Waals surface area contributed by atoms with E-state index >= 15 is 0 Å². The first-order chi connectivity index (χ1) is 14.0. The fraction of sp³-hybridized carbons (Fsp3) is 0.174. The van der Waals surface area contributed by atoms with E-state index in [-0.39, 0.29) is 0 Å². The second-order valence-electron chi connectivity index (χ2n) is 6.32. The lowest BCUT2D eigenvalue weighted by molar-refractivity contribution is 0.267. The highest BCUT2D eigenvalue weighted by atomic mass is 127. The highest BCUT2D eigenvalue weighted by Gasteiger charge is 2.12. The molecule has 0 heterocycles. The molecular formula is C23H20Cl2INO2. The standard InChI is InChI=1S/C23H20Cl2INO2/c1-3-28-22-12-17(13-27-21-6-4-5-19(25)15(21)2)11-20(26)23(22)29-14-16-7-9-18(24)10-8-16/h4-13H,3,14H2,1-2H3. The zero-order chi connectivity index (χ0) is 20.8. The number of halogens is 3. The Hall–Kier alpha value is -1.76. The van der Waals surface area contributed by atoms with Gasteiger partial charge in [0.15, 0.2) is 11.5 Å². The van der Waals surface area contributed by atoms with Crippen LogP contribution < -0.4 is 9.47 Å². The lowest BCUT2D eigenvalue weighted by atomic mass is 10.2. The van der Waals surface area contributed by atoms with Crippen molar-refractivity contribution in [2.24, 2.45) is 4.99 Å². The highest BCUT2D eigenvalue weighted by molar-refractivity contribution is 14.1. The number of hydrogen-bond donors (Lipinski definition) is 0. The van der Waals surface area contributed by atoms with Gasteiger partial charge in [-0.15, -0.1) is 0 Å². The molecule has 6 heteroatoms. The van der Waals surface area contributed by atoms with E-state index in [1.807, 2.05) is 74.7 Å². The average Bonchev–Trinajstić information content (AvgIpc) is 2.70. The Morgan fingerprint density at radius 2 is 1.79 bits per heavy atom. The van der Waals surface area contributed by atoms with Crippen molar-refractivity contribution < 1.29 is 9.47 Å². The van der Waals surface area contributed by atoms with Gasteiger partial charge in [0.05, 0.1) is 15.9 Å². The van der Waals surface area contributed by atoms with Crippen LogP contribution in [-0.4, -0.2) is 12.8 Å². The molecule has 0 radical (unpaired) electrons. The molecule has 29 heavy (non-hydrogen) atoms. The third-order valence-electron chi connectivity index (χ3n) is 4.22. The molecule has 150 valence electrons. The Balaban J connectivity index is 1.84. The number of aliphatic imine (C=N–C) groups is 1. The quantitative estimate of drug-likeness (QED) is 0.228. The summed E-state index contributed by atoms with van der Waals surface area (Å²) in [6, 6.07) is 17.3. The minimum atomic E-state index is 0.433. The minimum Gasteiger partial charge on any atom is -0.490 e. The zero-order valence-electron chi connectivity index (χ0n) is 16.1. The fourth-order valence-electron chi connectivity index (χ4n) is 2.68. The molecule has 3 nitrogen and oxygen atoms in total. The molecule has 3 aromatic carbocycles. The van der Waals surface area contributed by atoms with Crippen LogP contribution in [0.3, 0.4) is 0 Å². The first kappa shape index (κ1) is 21.9. The maximum Gasteiger partial charge on any atom is 0.175 e. The van der Waals surface area contributed by atoms with Crippen molar-refractivity contribution in [1.82, 2.24) is 0 Å². The van der Waals surface area contributed by atoms with Crippen molar-refractivity contribution in [3.8, 4) is 11.5 Å². The van der Waals surface area contributed by atoms with Gasteiger partial charge >= 0.3 is 0 Å². The Bertz CT molecular complexity index is 1020. The van der Waals surface area contributed by atoms with E-state index in [9.17, 15) is 0 Å². The van der Waals surface area contributed by atoms with E-state index in [0.29, 0.717) is 29.0 Å². The fourth-order valence-corrected chi connectivity index (χ4v) is 3.76. The number of benzene rings is 3. The van der Waals surface area contributed by atoms with Gasteiger partial charge in [0.25, 0.3) is 0 Å². The molecule has 0 aliphatic rings. The summed E-state index contributed by atoms with van der Waals surface area (Å²) in [5.41, 5.74) is 3.76. The Kier molecular flexibility index (Phi) is 7.81. The topological polar surface area (TPSA) is 30.8 Å². The molecule has 0 N–H and O–H groups in total. The SMILES string of the molecule is CCOc1cc(C=Nc2cccc(Cl)c2C)cc(I)c1OCc1ccc(Cl)cc1. The molecule has 0 bridgehead atoms. The molecule has 0 aromatic heterocycles. The van der Waals surface area contributed by atoms with Gasteiger partial charge in [-0.25, -0.2) is 0 Å². The van der Waals surface area contributed by atoms with Crippen molar-refractivity contribution in [1.29, 1.82) is 0 Å². The van der Waals surface area contributed by atoms with Crippen LogP contribution in [0.1, 0.15) is 23.6 Å². The maximum atomic E-state index is 6.18. The lowest BCUT2D eigenvalue weighted by Gasteiger charge is -2.15. The summed E-state index contributed by atoms with van der Waals surface area (Å²) in [7, 11) is 0. The van der Waals surface area contributed by atoms with Crippen LogP contribution in [0.2, 0.25) is 10.0 Å². The Labute approximate surface area is 194 Å². The minimum absolute atomic E-state index is 0.433. The molecule has 0 saturated heterocycles. The lowest BCUT2D eigenvalue weighted by Crippen LogP contribution is -2.02. The molecule has 0 fully saturated rings. The molecule has 0 aliphatic carbocycles. The second kappa shape index (κ2) is 10.3. The third kappa shape index (κ3) is 5.87. The van der Waals surface area contributed by atoms with Crippen LogP contribution in [0, 0.1) is 10.5 Å². The van der Waals surface area contributed by atoms with E-state index in [2.05, 4.69) is 27.6 Å². The first-order valence-corrected chi connectivity index (χ1v) is 10.9. The molecular weight excluding hydrogens is 520 g/mol. The summed E-state index contributed by atoms with van der Waals surface area (Å²) in [5.74, 6) is 1.41. The van der Waals surface area contributed by atoms with Gasteiger partial charge in [-0.2, -0.15) is 0 Å². The van der Waals surface area contributed by atoms with Crippen LogP contribution >= 0.6 is 45.8 Å².